The Morgan fingerprint density at radius 2 is 1.86 bits per heavy atom. The third-order valence-electron chi connectivity index (χ3n) is 2.77. The van der Waals surface area contributed by atoms with Crippen LogP contribution in [0.2, 0.25) is 0 Å². The summed E-state index contributed by atoms with van der Waals surface area (Å²) in [5.74, 6) is -0.508. The smallest absolute Gasteiger partial charge is 0.446 e. The van der Waals surface area contributed by atoms with E-state index in [2.05, 4.69) is 9.50 Å². The Morgan fingerprint density at radius 1 is 1.10 bits per heavy atom. The monoisotopic (exact) mass is 307 g/mol. The molecule has 108 valence electrons. The van der Waals surface area contributed by atoms with E-state index in [1.54, 1.807) is 24.3 Å². The Labute approximate surface area is 120 Å². The van der Waals surface area contributed by atoms with Gasteiger partial charge in [0.2, 0.25) is 0 Å². The van der Waals surface area contributed by atoms with Gasteiger partial charge in [-0.1, -0.05) is 18.2 Å². The van der Waals surface area contributed by atoms with Crippen LogP contribution in [0.4, 0.5) is 5.69 Å². The van der Waals surface area contributed by atoms with Gasteiger partial charge < -0.3 is 14.2 Å². The number of amides is 1. The van der Waals surface area contributed by atoms with Gasteiger partial charge in [0.15, 0.2) is 17.2 Å². The normalized spacial score (nSPS) is 13.3. The maximum Gasteiger partial charge on any atom is 0.446 e. The number of nitrogens with one attached hydrogen (secondary N) is 1. The summed E-state index contributed by atoms with van der Waals surface area (Å²) in [7, 11) is -4.73. The van der Waals surface area contributed by atoms with Gasteiger partial charge in [-0.05, 0) is 24.3 Å². The maximum atomic E-state index is 12.1. The van der Waals surface area contributed by atoms with Crippen molar-refractivity contribution in [2.24, 2.45) is 0 Å². The van der Waals surface area contributed by atoms with Crippen molar-refractivity contribution < 1.29 is 26.7 Å². The minimum atomic E-state index is -4.73. The molecule has 8 heteroatoms. The minimum Gasteiger partial charge on any atom is -0.450 e. The van der Waals surface area contributed by atoms with Gasteiger partial charge in [-0.15, -0.1) is 0 Å². The number of hydrogen-bond acceptors (Lipinski definition) is 5. The Bertz CT molecular complexity index is 830. The fourth-order valence-corrected chi connectivity index (χ4v) is 2.30. The van der Waals surface area contributed by atoms with Crippen LogP contribution in [0.25, 0.3) is 0 Å². The number of fused-ring (bicyclic) bond motifs is 2. The molecule has 7 nitrogen and oxygen atoms in total. The lowest BCUT2D eigenvalue weighted by molar-refractivity contribution is 0.102. The zero-order valence-electron chi connectivity index (χ0n) is 10.4. The average molecular weight is 307 g/mol. The van der Waals surface area contributed by atoms with Gasteiger partial charge in [-0.2, -0.15) is 8.42 Å². The molecule has 0 aliphatic carbocycles. The van der Waals surface area contributed by atoms with Crippen LogP contribution in [0.5, 0.6) is 17.2 Å². The van der Waals surface area contributed by atoms with Gasteiger partial charge in [0.25, 0.3) is 5.91 Å². The van der Waals surface area contributed by atoms with Gasteiger partial charge in [-0.3, -0.25) is 9.35 Å². The van der Waals surface area contributed by atoms with Gasteiger partial charge in [0.05, 0.1) is 11.3 Å². The molecule has 3 rings (SSSR count). The predicted octanol–water partition coefficient (Wildman–Crippen LogP) is 2.23. The molecule has 0 saturated carbocycles. The van der Waals surface area contributed by atoms with Gasteiger partial charge in [0.1, 0.15) is 0 Å². The Hall–Kier alpha value is -2.58. The lowest BCUT2D eigenvalue weighted by Crippen LogP contribution is -2.12. The molecule has 2 N–H and O–H groups in total. The van der Waals surface area contributed by atoms with Crippen molar-refractivity contribution in [2.75, 3.05) is 5.32 Å². The number of para-hydroxylation sites is 3. The Morgan fingerprint density at radius 3 is 2.62 bits per heavy atom. The van der Waals surface area contributed by atoms with Crippen LogP contribution in [0.1, 0.15) is 10.4 Å². The minimum absolute atomic E-state index is 0.0856. The molecule has 0 unspecified atom stereocenters. The van der Waals surface area contributed by atoms with Crippen LogP contribution in [-0.2, 0) is 10.4 Å². The van der Waals surface area contributed by atoms with Crippen LogP contribution in [0.15, 0.2) is 42.5 Å². The highest BCUT2D eigenvalue weighted by Gasteiger charge is 2.25. The number of rotatable bonds is 2. The number of carbonyl (C=O) groups is 1. The lowest BCUT2D eigenvalue weighted by Gasteiger charge is -2.11. The fraction of sp³-hybridized carbons (Fsp3) is 0. The Kier molecular flexibility index (Phi) is 3.04. The van der Waals surface area contributed by atoms with Crippen molar-refractivity contribution in [1.29, 1.82) is 0 Å². The van der Waals surface area contributed by atoms with E-state index in [1.165, 1.54) is 18.2 Å². The van der Waals surface area contributed by atoms with Crippen LogP contribution in [0, 0.1) is 0 Å². The summed E-state index contributed by atoms with van der Waals surface area (Å²) in [4.78, 5) is 12.1. The third kappa shape index (κ3) is 2.67. The molecule has 0 atom stereocenters. The number of ether oxygens (including phenoxy) is 1. The number of hydrogen-bond donors (Lipinski definition) is 2. The van der Waals surface area contributed by atoms with Crippen LogP contribution in [0.3, 0.4) is 0 Å². The molecule has 1 heterocycles. The summed E-state index contributed by atoms with van der Waals surface area (Å²) in [6, 6.07) is 10.8. The van der Waals surface area contributed by atoms with E-state index in [0.717, 1.165) is 0 Å². The first-order valence-corrected chi connectivity index (χ1v) is 7.19. The molecule has 1 aliphatic heterocycles. The maximum absolute atomic E-state index is 12.1. The molecule has 2 aromatic carbocycles. The van der Waals surface area contributed by atoms with E-state index in [0.29, 0.717) is 11.4 Å². The predicted molar refractivity (Wildman–Crippen MR) is 73.1 cm³/mol. The largest absolute Gasteiger partial charge is 0.450 e. The highest BCUT2D eigenvalue weighted by Crippen LogP contribution is 2.41. The molecule has 0 fully saturated rings. The lowest BCUT2D eigenvalue weighted by atomic mass is 10.2. The standard InChI is InChI=1S/C13H9NO6S/c15-13-8-4-3-7-11(20-21(16,17)18)12(8)19-10-6-2-1-5-9(10)14-13/h1-7H,(H,14,15)(H,16,17,18). The second kappa shape index (κ2) is 4.76. The van der Waals surface area contributed by atoms with Crippen LogP contribution < -0.4 is 14.2 Å². The van der Waals surface area contributed by atoms with E-state index in [-0.39, 0.29) is 17.1 Å². The number of benzene rings is 2. The third-order valence-corrected chi connectivity index (χ3v) is 3.16. The van der Waals surface area contributed by atoms with Crippen molar-refractivity contribution in [3.8, 4) is 17.2 Å². The van der Waals surface area contributed by atoms with Crippen molar-refractivity contribution in [1.82, 2.24) is 0 Å². The van der Waals surface area contributed by atoms with Crippen molar-refractivity contribution >= 4 is 22.0 Å². The number of anilines is 1. The van der Waals surface area contributed by atoms with E-state index >= 15 is 0 Å². The highest BCUT2D eigenvalue weighted by atomic mass is 32.3. The second-order valence-corrected chi connectivity index (χ2v) is 5.22. The van der Waals surface area contributed by atoms with Crippen molar-refractivity contribution in [3.05, 3.63) is 48.0 Å². The summed E-state index contributed by atoms with van der Waals surface area (Å²) < 4.78 is 40.6. The highest BCUT2D eigenvalue weighted by molar-refractivity contribution is 7.81. The van der Waals surface area contributed by atoms with Crippen molar-refractivity contribution in [3.63, 3.8) is 0 Å². The molecule has 0 radical (unpaired) electrons. The second-order valence-electron chi connectivity index (χ2n) is 4.20. The van der Waals surface area contributed by atoms with E-state index in [9.17, 15) is 13.2 Å². The average Bonchev–Trinajstić information content (AvgIpc) is 2.54. The first-order chi connectivity index (χ1) is 9.94. The summed E-state index contributed by atoms with van der Waals surface area (Å²) >= 11 is 0. The zero-order chi connectivity index (χ0) is 15.0. The molecule has 1 aliphatic rings. The first kappa shape index (κ1) is 13.4. The summed E-state index contributed by atoms with van der Waals surface area (Å²) in [5.41, 5.74) is 0.531. The van der Waals surface area contributed by atoms with E-state index < -0.39 is 16.3 Å². The van der Waals surface area contributed by atoms with Crippen LogP contribution >= 0.6 is 0 Å². The summed E-state index contributed by atoms with van der Waals surface area (Å²) in [6.07, 6.45) is 0. The molecular formula is C13H9NO6S. The van der Waals surface area contributed by atoms with Gasteiger partial charge in [-0.25, -0.2) is 0 Å². The topological polar surface area (TPSA) is 102 Å². The fourth-order valence-electron chi connectivity index (χ4n) is 1.94. The molecule has 0 aromatic heterocycles. The summed E-state index contributed by atoms with van der Waals surface area (Å²) in [6.45, 7) is 0. The molecule has 0 spiro atoms. The van der Waals surface area contributed by atoms with Crippen molar-refractivity contribution in [2.45, 2.75) is 0 Å². The number of carbonyl (C=O) groups excluding carboxylic acids is 1. The Balaban J connectivity index is 2.16. The molecule has 0 saturated heterocycles. The zero-order valence-corrected chi connectivity index (χ0v) is 11.3. The molecule has 2 aromatic rings. The SMILES string of the molecule is O=C1Nc2ccccc2Oc2c(OS(=O)(=O)O)cccc21. The van der Waals surface area contributed by atoms with E-state index in [1.807, 2.05) is 0 Å². The van der Waals surface area contributed by atoms with E-state index in [4.69, 9.17) is 9.29 Å². The van der Waals surface area contributed by atoms with Gasteiger partial charge >= 0.3 is 10.4 Å². The summed E-state index contributed by atoms with van der Waals surface area (Å²) in [5, 5.41) is 2.64. The molecule has 1 amide bonds. The quantitative estimate of drug-likeness (QED) is 0.825. The first-order valence-electron chi connectivity index (χ1n) is 5.82. The molecular weight excluding hydrogens is 298 g/mol. The van der Waals surface area contributed by atoms with Gasteiger partial charge in [0, 0.05) is 0 Å². The molecule has 0 bridgehead atoms. The molecule has 21 heavy (non-hydrogen) atoms. The van der Waals surface area contributed by atoms with Crippen LogP contribution in [-0.4, -0.2) is 18.9 Å².